The van der Waals surface area contributed by atoms with Gasteiger partial charge in [-0.05, 0) is 30.8 Å². The molecule has 0 aromatic rings. The Hall–Kier alpha value is -0.970. The van der Waals surface area contributed by atoms with Crippen molar-refractivity contribution < 1.29 is 19.1 Å². The smallest absolute Gasteiger partial charge is 0.331 e. The van der Waals surface area contributed by atoms with Crippen LogP contribution < -0.4 is 0 Å². The van der Waals surface area contributed by atoms with Gasteiger partial charge in [-0.25, -0.2) is 9.59 Å². The van der Waals surface area contributed by atoms with E-state index >= 15 is 0 Å². The molecule has 0 bridgehead atoms. The zero-order valence-corrected chi connectivity index (χ0v) is 12.1. The Kier molecular flexibility index (Phi) is 10.5. The van der Waals surface area contributed by atoms with E-state index in [1.165, 1.54) is 7.11 Å². The second-order valence-electron chi connectivity index (χ2n) is 3.87. The second-order valence-corrected chi connectivity index (χ2v) is 4.85. The Balaban J connectivity index is 3.78. The summed E-state index contributed by atoms with van der Waals surface area (Å²) >= 11 is 1.83. The van der Waals surface area contributed by atoms with E-state index in [4.69, 9.17) is 4.74 Å². The molecule has 0 aromatic carbocycles. The SMILES string of the molecule is CCC(CCOC(=O)C=CC(=O)OC)CCSC. The highest BCUT2D eigenvalue weighted by molar-refractivity contribution is 7.98. The van der Waals surface area contributed by atoms with E-state index in [0.717, 1.165) is 37.2 Å². The molecule has 5 heteroatoms. The maximum absolute atomic E-state index is 11.2. The van der Waals surface area contributed by atoms with Crippen LogP contribution in [0.15, 0.2) is 12.2 Å². The minimum absolute atomic E-state index is 0.400. The summed E-state index contributed by atoms with van der Waals surface area (Å²) in [5, 5.41) is 0. The molecule has 0 aliphatic rings. The molecule has 0 saturated carbocycles. The number of thioether (sulfide) groups is 1. The predicted molar refractivity (Wildman–Crippen MR) is 73.5 cm³/mol. The van der Waals surface area contributed by atoms with Crippen LogP contribution in [0.25, 0.3) is 0 Å². The van der Waals surface area contributed by atoms with E-state index < -0.39 is 11.9 Å². The number of ether oxygens (including phenoxy) is 2. The third-order valence-corrected chi connectivity index (χ3v) is 3.28. The summed E-state index contributed by atoms with van der Waals surface area (Å²) in [7, 11) is 1.26. The zero-order valence-electron chi connectivity index (χ0n) is 11.3. The number of carbonyl (C=O) groups is 2. The maximum atomic E-state index is 11.2. The van der Waals surface area contributed by atoms with E-state index in [2.05, 4.69) is 17.9 Å². The van der Waals surface area contributed by atoms with Crippen LogP contribution in [-0.4, -0.2) is 37.7 Å². The average Bonchev–Trinajstić information content (AvgIpc) is 2.39. The molecule has 0 spiro atoms. The maximum Gasteiger partial charge on any atom is 0.331 e. The van der Waals surface area contributed by atoms with Crippen LogP contribution in [0.1, 0.15) is 26.2 Å². The lowest BCUT2D eigenvalue weighted by molar-refractivity contribution is -0.139. The monoisotopic (exact) mass is 274 g/mol. The molecule has 18 heavy (non-hydrogen) atoms. The Bertz CT molecular complexity index is 276. The molecule has 1 atom stereocenters. The van der Waals surface area contributed by atoms with Crippen molar-refractivity contribution in [3.05, 3.63) is 12.2 Å². The second kappa shape index (κ2) is 11.1. The number of methoxy groups -OCH3 is 1. The first-order chi connectivity index (χ1) is 8.63. The molecule has 0 fully saturated rings. The Labute approximate surface area is 113 Å². The summed E-state index contributed by atoms with van der Waals surface area (Å²) in [5.41, 5.74) is 0. The molecule has 0 amide bonds. The Morgan fingerprint density at radius 3 is 2.44 bits per heavy atom. The molecular formula is C13H22O4S. The Morgan fingerprint density at radius 2 is 1.89 bits per heavy atom. The first-order valence-electron chi connectivity index (χ1n) is 6.05. The lowest BCUT2D eigenvalue weighted by Gasteiger charge is -2.13. The number of esters is 2. The molecule has 0 N–H and O–H groups in total. The molecule has 1 unspecified atom stereocenters. The fraction of sp³-hybridized carbons (Fsp3) is 0.692. The van der Waals surface area contributed by atoms with Gasteiger partial charge in [-0.3, -0.25) is 0 Å². The van der Waals surface area contributed by atoms with E-state index in [1.54, 1.807) is 0 Å². The van der Waals surface area contributed by atoms with Crippen LogP contribution in [0.4, 0.5) is 0 Å². The summed E-state index contributed by atoms with van der Waals surface area (Å²) in [6, 6.07) is 0. The van der Waals surface area contributed by atoms with Gasteiger partial charge in [0.05, 0.1) is 13.7 Å². The molecule has 4 nitrogen and oxygen atoms in total. The highest BCUT2D eigenvalue weighted by atomic mass is 32.2. The average molecular weight is 274 g/mol. The van der Waals surface area contributed by atoms with Gasteiger partial charge in [0.2, 0.25) is 0 Å². The van der Waals surface area contributed by atoms with Gasteiger partial charge in [-0.2, -0.15) is 11.8 Å². The lowest BCUT2D eigenvalue weighted by Crippen LogP contribution is -2.09. The van der Waals surface area contributed by atoms with Gasteiger partial charge in [0, 0.05) is 12.2 Å². The molecule has 0 aliphatic carbocycles. The molecule has 104 valence electrons. The summed E-state index contributed by atoms with van der Waals surface area (Å²) in [5.74, 6) is 0.669. The standard InChI is InChI=1S/C13H22O4S/c1-4-11(8-10-18-3)7-9-17-13(15)6-5-12(14)16-2/h5-6,11H,4,7-10H2,1-3H3. The third kappa shape index (κ3) is 9.10. The van der Waals surface area contributed by atoms with E-state index in [0.29, 0.717) is 12.5 Å². The van der Waals surface area contributed by atoms with Crippen molar-refractivity contribution in [3.8, 4) is 0 Å². The fourth-order valence-corrected chi connectivity index (χ4v) is 1.98. The third-order valence-electron chi connectivity index (χ3n) is 2.63. The van der Waals surface area contributed by atoms with Gasteiger partial charge in [-0.15, -0.1) is 0 Å². The van der Waals surface area contributed by atoms with E-state index in [1.807, 2.05) is 11.8 Å². The van der Waals surface area contributed by atoms with Crippen molar-refractivity contribution in [1.29, 1.82) is 0 Å². The van der Waals surface area contributed by atoms with Crippen LogP contribution in [0.3, 0.4) is 0 Å². The summed E-state index contributed by atoms with van der Waals surface area (Å²) < 4.78 is 9.38. The van der Waals surface area contributed by atoms with Crippen molar-refractivity contribution >= 4 is 23.7 Å². The van der Waals surface area contributed by atoms with Crippen LogP contribution >= 0.6 is 11.8 Å². The van der Waals surface area contributed by atoms with Crippen molar-refractivity contribution in [2.45, 2.75) is 26.2 Å². The van der Waals surface area contributed by atoms with E-state index in [-0.39, 0.29) is 0 Å². The predicted octanol–water partition coefficient (Wildman–Crippen LogP) is 2.43. The van der Waals surface area contributed by atoms with Crippen molar-refractivity contribution in [2.24, 2.45) is 5.92 Å². The molecule has 0 aromatic heterocycles. The molecular weight excluding hydrogens is 252 g/mol. The van der Waals surface area contributed by atoms with Gasteiger partial charge in [0.25, 0.3) is 0 Å². The molecule has 0 saturated heterocycles. The molecule has 0 heterocycles. The molecule has 0 radical (unpaired) electrons. The number of carbonyl (C=O) groups excluding carboxylic acids is 2. The largest absolute Gasteiger partial charge is 0.466 e. The van der Waals surface area contributed by atoms with Crippen LogP contribution in [-0.2, 0) is 19.1 Å². The van der Waals surface area contributed by atoms with Crippen molar-refractivity contribution in [2.75, 3.05) is 25.7 Å². The van der Waals surface area contributed by atoms with Gasteiger partial charge in [0.1, 0.15) is 0 Å². The molecule has 0 rings (SSSR count). The topological polar surface area (TPSA) is 52.6 Å². The fourth-order valence-electron chi connectivity index (χ4n) is 1.42. The number of hydrogen-bond donors (Lipinski definition) is 0. The van der Waals surface area contributed by atoms with Crippen LogP contribution in [0.5, 0.6) is 0 Å². The quantitative estimate of drug-likeness (QED) is 0.477. The highest BCUT2D eigenvalue weighted by Crippen LogP contribution is 2.15. The van der Waals surface area contributed by atoms with E-state index in [9.17, 15) is 9.59 Å². The minimum atomic E-state index is -0.557. The number of hydrogen-bond acceptors (Lipinski definition) is 5. The summed E-state index contributed by atoms with van der Waals surface area (Å²) in [6.45, 7) is 2.54. The van der Waals surface area contributed by atoms with Gasteiger partial charge in [-0.1, -0.05) is 13.3 Å². The van der Waals surface area contributed by atoms with Gasteiger partial charge < -0.3 is 9.47 Å². The first kappa shape index (κ1) is 17.0. The van der Waals surface area contributed by atoms with Crippen LogP contribution in [0, 0.1) is 5.92 Å². The summed E-state index contributed by atoms with van der Waals surface area (Å²) in [6.07, 6.45) is 7.35. The molecule has 0 aliphatic heterocycles. The van der Waals surface area contributed by atoms with Crippen LogP contribution in [0.2, 0.25) is 0 Å². The minimum Gasteiger partial charge on any atom is -0.466 e. The van der Waals surface area contributed by atoms with Gasteiger partial charge in [0.15, 0.2) is 0 Å². The number of rotatable bonds is 9. The zero-order chi connectivity index (χ0) is 13.8. The van der Waals surface area contributed by atoms with Gasteiger partial charge >= 0.3 is 11.9 Å². The van der Waals surface area contributed by atoms with Crippen molar-refractivity contribution in [1.82, 2.24) is 0 Å². The Morgan fingerprint density at radius 1 is 1.22 bits per heavy atom. The normalized spacial score (nSPS) is 12.4. The highest BCUT2D eigenvalue weighted by Gasteiger charge is 2.07. The lowest BCUT2D eigenvalue weighted by atomic mass is 10.0. The summed E-state index contributed by atoms with van der Waals surface area (Å²) in [4.78, 5) is 22.0. The van der Waals surface area contributed by atoms with Crippen molar-refractivity contribution in [3.63, 3.8) is 0 Å². The first-order valence-corrected chi connectivity index (χ1v) is 7.45.